The maximum Gasteiger partial charge on any atom is 0.273 e. The molecule has 2 N–H and O–H groups in total. The maximum atomic E-state index is 13.0. The number of hydrogen-bond donors (Lipinski definition) is 1. The maximum absolute atomic E-state index is 13.0. The zero-order valence-corrected chi connectivity index (χ0v) is 14.8. The normalized spacial score (nSPS) is 20.2. The van der Waals surface area contributed by atoms with Crippen molar-refractivity contribution in [2.75, 3.05) is 13.1 Å². The number of likely N-dealkylation sites (tertiary alicyclic amines) is 1. The van der Waals surface area contributed by atoms with Gasteiger partial charge in [-0.1, -0.05) is 26.0 Å². The van der Waals surface area contributed by atoms with Gasteiger partial charge in [-0.25, -0.2) is 9.37 Å². The Kier molecular flexibility index (Phi) is 4.69. The van der Waals surface area contributed by atoms with Gasteiger partial charge in [-0.15, -0.1) is 11.3 Å². The Hall–Kier alpha value is -1.79. The van der Waals surface area contributed by atoms with Crippen LogP contribution < -0.4 is 5.73 Å². The molecule has 1 aliphatic heterocycles. The predicted molar refractivity (Wildman–Crippen MR) is 93.6 cm³/mol. The van der Waals surface area contributed by atoms with E-state index in [4.69, 9.17) is 5.73 Å². The number of nitrogens with two attached hydrogens (primary N) is 1. The molecule has 0 spiro atoms. The van der Waals surface area contributed by atoms with Gasteiger partial charge in [0.05, 0.1) is 5.01 Å². The van der Waals surface area contributed by atoms with E-state index in [0.29, 0.717) is 25.2 Å². The van der Waals surface area contributed by atoms with Crippen molar-refractivity contribution in [3.63, 3.8) is 0 Å². The van der Waals surface area contributed by atoms with Crippen molar-refractivity contribution in [2.24, 2.45) is 11.1 Å². The van der Waals surface area contributed by atoms with Crippen LogP contribution in [0.25, 0.3) is 0 Å². The fourth-order valence-electron chi connectivity index (χ4n) is 2.98. The largest absolute Gasteiger partial charge is 0.337 e. The number of thiazole rings is 1. The average Bonchev–Trinajstić information content (AvgIpc) is 3.00. The van der Waals surface area contributed by atoms with E-state index in [1.54, 1.807) is 12.1 Å². The molecule has 128 valence electrons. The number of halogens is 1. The SMILES string of the molecule is CC1(C)CN(C(=O)c2csc(Cc3ccc(F)cc3)n2)CCC1N. The predicted octanol–water partition coefficient (Wildman–Crippen LogP) is 3.07. The standard InChI is InChI=1S/C18H22FN3OS/c1-18(2)11-22(8-7-15(18)20)17(23)14-10-24-16(21-14)9-12-3-5-13(19)6-4-12/h3-6,10,15H,7-9,11,20H2,1-2H3. The zero-order chi connectivity index (χ0) is 17.3. The average molecular weight is 347 g/mol. The van der Waals surface area contributed by atoms with Crippen LogP contribution in [0.4, 0.5) is 4.39 Å². The first kappa shape index (κ1) is 17.0. The summed E-state index contributed by atoms with van der Waals surface area (Å²) < 4.78 is 13.0. The number of carbonyl (C=O) groups is 1. The van der Waals surface area contributed by atoms with Gasteiger partial charge in [-0.2, -0.15) is 0 Å². The van der Waals surface area contributed by atoms with Crippen LogP contribution in [0, 0.1) is 11.2 Å². The van der Waals surface area contributed by atoms with Crippen LogP contribution in [0.1, 0.15) is 41.3 Å². The van der Waals surface area contributed by atoms with E-state index in [1.807, 2.05) is 10.3 Å². The molecule has 0 bridgehead atoms. The van der Waals surface area contributed by atoms with E-state index in [9.17, 15) is 9.18 Å². The van der Waals surface area contributed by atoms with E-state index in [2.05, 4.69) is 18.8 Å². The fraction of sp³-hybridized carbons (Fsp3) is 0.444. The van der Waals surface area contributed by atoms with Crippen molar-refractivity contribution in [2.45, 2.75) is 32.7 Å². The lowest BCUT2D eigenvalue weighted by molar-refractivity contribution is 0.0528. The highest BCUT2D eigenvalue weighted by Gasteiger charge is 2.36. The molecule has 0 saturated carbocycles. The van der Waals surface area contributed by atoms with E-state index in [-0.39, 0.29) is 23.2 Å². The molecule has 3 rings (SSSR count). The number of rotatable bonds is 3. The Balaban J connectivity index is 1.68. The van der Waals surface area contributed by atoms with Crippen molar-refractivity contribution in [1.82, 2.24) is 9.88 Å². The van der Waals surface area contributed by atoms with Crippen LogP contribution >= 0.6 is 11.3 Å². The van der Waals surface area contributed by atoms with E-state index < -0.39 is 0 Å². The molecule has 2 aromatic rings. The molecular weight excluding hydrogens is 325 g/mol. The van der Waals surface area contributed by atoms with Crippen LogP contribution in [0.3, 0.4) is 0 Å². The van der Waals surface area contributed by atoms with Crippen molar-refractivity contribution < 1.29 is 9.18 Å². The molecule has 1 aromatic carbocycles. The summed E-state index contributed by atoms with van der Waals surface area (Å²) in [6.45, 7) is 5.52. The molecule has 1 fully saturated rings. The van der Waals surface area contributed by atoms with Crippen molar-refractivity contribution in [3.8, 4) is 0 Å². The summed E-state index contributed by atoms with van der Waals surface area (Å²) in [6.07, 6.45) is 1.42. The number of carbonyl (C=O) groups excluding carboxylic acids is 1. The third-order valence-electron chi connectivity index (χ3n) is 4.64. The molecule has 0 aliphatic carbocycles. The quantitative estimate of drug-likeness (QED) is 0.928. The highest BCUT2D eigenvalue weighted by Crippen LogP contribution is 2.28. The summed E-state index contributed by atoms with van der Waals surface area (Å²) in [4.78, 5) is 19.0. The van der Waals surface area contributed by atoms with Crippen LogP contribution in [0.15, 0.2) is 29.6 Å². The second-order valence-corrected chi connectivity index (χ2v) is 7.98. The third kappa shape index (κ3) is 3.65. The first-order valence-electron chi connectivity index (χ1n) is 8.09. The molecular formula is C18H22FN3OS. The molecule has 24 heavy (non-hydrogen) atoms. The summed E-state index contributed by atoms with van der Waals surface area (Å²) >= 11 is 1.46. The minimum atomic E-state index is -0.250. The third-order valence-corrected chi connectivity index (χ3v) is 5.49. The molecule has 1 unspecified atom stereocenters. The van der Waals surface area contributed by atoms with Crippen LogP contribution in [0.5, 0.6) is 0 Å². The van der Waals surface area contributed by atoms with E-state index >= 15 is 0 Å². The number of aromatic nitrogens is 1. The molecule has 1 aromatic heterocycles. The van der Waals surface area contributed by atoms with Gasteiger partial charge in [-0.05, 0) is 29.5 Å². The molecule has 0 radical (unpaired) electrons. The van der Waals surface area contributed by atoms with Gasteiger partial charge in [0.1, 0.15) is 11.5 Å². The van der Waals surface area contributed by atoms with Crippen LogP contribution in [-0.4, -0.2) is 34.9 Å². The molecule has 1 saturated heterocycles. The van der Waals surface area contributed by atoms with Crippen molar-refractivity contribution in [1.29, 1.82) is 0 Å². The summed E-state index contributed by atoms with van der Waals surface area (Å²) in [6, 6.07) is 6.48. The molecule has 1 atom stereocenters. The lowest BCUT2D eigenvalue weighted by Crippen LogP contribution is -2.54. The van der Waals surface area contributed by atoms with Gasteiger partial charge in [-0.3, -0.25) is 4.79 Å². The summed E-state index contributed by atoms with van der Waals surface area (Å²) in [5.74, 6) is -0.281. The van der Waals surface area contributed by atoms with Crippen molar-refractivity contribution in [3.05, 3.63) is 51.7 Å². The Labute approximate surface area is 145 Å². The van der Waals surface area contributed by atoms with E-state index in [1.165, 1.54) is 23.5 Å². The second kappa shape index (κ2) is 6.61. The highest BCUT2D eigenvalue weighted by molar-refractivity contribution is 7.09. The number of nitrogens with zero attached hydrogens (tertiary/aromatic N) is 2. The molecule has 6 heteroatoms. The van der Waals surface area contributed by atoms with Crippen molar-refractivity contribution >= 4 is 17.2 Å². The molecule has 1 amide bonds. The first-order valence-corrected chi connectivity index (χ1v) is 8.97. The minimum Gasteiger partial charge on any atom is -0.337 e. The Morgan fingerprint density at radius 2 is 2.12 bits per heavy atom. The van der Waals surface area contributed by atoms with Gasteiger partial charge in [0.15, 0.2) is 0 Å². The smallest absolute Gasteiger partial charge is 0.273 e. The first-order chi connectivity index (χ1) is 11.3. The molecule has 2 heterocycles. The van der Waals surface area contributed by atoms with E-state index in [0.717, 1.165) is 17.0 Å². The van der Waals surface area contributed by atoms with Gasteiger partial charge in [0.2, 0.25) is 0 Å². The summed E-state index contributed by atoms with van der Waals surface area (Å²) in [5, 5.41) is 2.67. The zero-order valence-electron chi connectivity index (χ0n) is 14.0. The summed E-state index contributed by atoms with van der Waals surface area (Å²) in [5.41, 5.74) is 7.52. The van der Waals surface area contributed by atoms with Gasteiger partial charge < -0.3 is 10.6 Å². The van der Waals surface area contributed by atoms with Crippen LogP contribution in [-0.2, 0) is 6.42 Å². The van der Waals surface area contributed by atoms with Gasteiger partial charge >= 0.3 is 0 Å². The minimum absolute atomic E-state index is 0.0309. The monoisotopic (exact) mass is 347 g/mol. The topological polar surface area (TPSA) is 59.2 Å². The van der Waals surface area contributed by atoms with Gasteiger partial charge in [0, 0.05) is 30.9 Å². The Morgan fingerprint density at radius 1 is 1.42 bits per heavy atom. The number of hydrogen-bond acceptors (Lipinski definition) is 4. The lowest BCUT2D eigenvalue weighted by Gasteiger charge is -2.42. The Bertz CT molecular complexity index is 726. The van der Waals surface area contributed by atoms with Gasteiger partial charge in [0.25, 0.3) is 5.91 Å². The molecule has 4 nitrogen and oxygen atoms in total. The number of piperidine rings is 1. The van der Waals surface area contributed by atoms with Crippen LogP contribution in [0.2, 0.25) is 0 Å². The highest BCUT2D eigenvalue weighted by atomic mass is 32.1. The second-order valence-electron chi connectivity index (χ2n) is 7.04. The number of benzene rings is 1. The lowest BCUT2D eigenvalue weighted by atomic mass is 9.79. The number of amides is 1. The molecule has 1 aliphatic rings. The fourth-order valence-corrected chi connectivity index (χ4v) is 3.78. The Morgan fingerprint density at radius 3 is 2.79 bits per heavy atom. The summed E-state index contributed by atoms with van der Waals surface area (Å²) in [7, 11) is 0.